The Hall–Kier alpha value is -3.35. The van der Waals surface area contributed by atoms with E-state index in [0.717, 1.165) is 53.6 Å². The van der Waals surface area contributed by atoms with E-state index in [0.29, 0.717) is 32.5 Å². The molecule has 1 saturated heterocycles. The van der Waals surface area contributed by atoms with Crippen LogP contribution in [0.1, 0.15) is 89.8 Å². The summed E-state index contributed by atoms with van der Waals surface area (Å²) in [7, 11) is 0. The summed E-state index contributed by atoms with van der Waals surface area (Å²) < 4.78 is 11.3. The van der Waals surface area contributed by atoms with Crippen LogP contribution in [-0.4, -0.2) is 62.4 Å². The van der Waals surface area contributed by atoms with E-state index >= 15 is 0 Å². The predicted molar refractivity (Wildman–Crippen MR) is 203 cm³/mol. The maximum atomic E-state index is 14.0. The number of aromatic amines is 1. The number of ether oxygens (including phenoxy) is 2. The Morgan fingerprint density at radius 1 is 1.08 bits per heavy atom. The van der Waals surface area contributed by atoms with Crippen LogP contribution in [0.4, 0.5) is 4.79 Å². The molecule has 3 amide bonds. The zero-order chi connectivity index (χ0) is 36.4. The van der Waals surface area contributed by atoms with Gasteiger partial charge in [-0.3, -0.25) is 14.5 Å². The van der Waals surface area contributed by atoms with Gasteiger partial charge in [0.2, 0.25) is 5.91 Å². The van der Waals surface area contributed by atoms with Crippen molar-refractivity contribution in [2.45, 2.75) is 103 Å². The van der Waals surface area contributed by atoms with E-state index in [1.165, 1.54) is 43.9 Å². The molecule has 4 N–H and O–H groups in total. The number of benzene rings is 1. The van der Waals surface area contributed by atoms with Crippen LogP contribution in [0.2, 0.25) is 5.02 Å². The van der Waals surface area contributed by atoms with Gasteiger partial charge in [-0.15, -0.1) is 0 Å². The van der Waals surface area contributed by atoms with Crippen molar-refractivity contribution in [3.8, 4) is 11.3 Å². The summed E-state index contributed by atoms with van der Waals surface area (Å²) in [5.74, 6) is 1.27. The van der Waals surface area contributed by atoms with Crippen LogP contribution >= 0.6 is 35.6 Å². The van der Waals surface area contributed by atoms with Crippen LogP contribution < -0.4 is 11.1 Å². The molecular formula is C38H47ClN4O6S2. The maximum Gasteiger partial charge on any atom is 0.408 e. The summed E-state index contributed by atoms with van der Waals surface area (Å²) in [5.41, 5.74) is 8.37. The molecule has 51 heavy (non-hydrogen) atoms. The number of carbonyl (C=O) groups excluding carboxylic acids is 4. The Bertz CT molecular complexity index is 1670. The summed E-state index contributed by atoms with van der Waals surface area (Å²) in [6, 6.07) is 8.73. The number of primary amides is 1. The molecule has 10 nitrogen and oxygen atoms in total. The van der Waals surface area contributed by atoms with Gasteiger partial charge in [0.15, 0.2) is 0 Å². The van der Waals surface area contributed by atoms with E-state index in [9.17, 15) is 19.2 Å². The third-order valence-corrected chi connectivity index (χ3v) is 12.0. The summed E-state index contributed by atoms with van der Waals surface area (Å²) in [6.45, 7) is 5.20. The van der Waals surface area contributed by atoms with Crippen LogP contribution in [0.3, 0.4) is 0 Å². The number of amides is 3. The zero-order valence-electron chi connectivity index (χ0n) is 29.4. The van der Waals surface area contributed by atoms with Gasteiger partial charge in [0, 0.05) is 22.5 Å². The first-order chi connectivity index (χ1) is 24.2. The number of alkyl carbamates (subject to hydrolysis) is 1. The van der Waals surface area contributed by atoms with Crippen molar-refractivity contribution >= 4 is 69.9 Å². The van der Waals surface area contributed by atoms with Crippen LogP contribution in [0, 0.1) is 23.7 Å². The number of rotatable bonds is 13. The Balaban J connectivity index is 1.09. The van der Waals surface area contributed by atoms with Crippen molar-refractivity contribution in [1.29, 1.82) is 0 Å². The number of nitrogens with zero attached hydrogens (tertiary/aromatic N) is 1. The summed E-state index contributed by atoms with van der Waals surface area (Å²) >= 11 is 13.4. The molecule has 1 aromatic heterocycles. The number of thiocarbonyl (C=S) groups is 1. The highest BCUT2D eigenvalue weighted by molar-refractivity contribution is 8.26. The number of halogens is 1. The number of nitrogens with one attached hydrogen (secondary N) is 2. The summed E-state index contributed by atoms with van der Waals surface area (Å²) in [6.07, 6.45) is 9.82. The lowest BCUT2D eigenvalue weighted by Crippen LogP contribution is -2.57. The third kappa shape index (κ3) is 9.18. The Labute approximate surface area is 314 Å². The molecule has 4 bridgehead atoms. The van der Waals surface area contributed by atoms with Gasteiger partial charge in [-0.25, -0.2) is 9.59 Å². The fraction of sp³-hybridized carbons (Fsp3) is 0.553. The number of unbranched alkanes of at least 4 members (excludes halogenated alkanes) is 2. The number of hydrogen-bond acceptors (Lipinski definition) is 8. The van der Waals surface area contributed by atoms with E-state index in [4.69, 9.17) is 39.0 Å². The number of esters is 1. The van der Waals surface area contributed by atoms with Gasteiger partial charge in [0.25, 0.3) is 5.91 Å². The number of thioether (sulfide) groups is 1. The van der Waals surface area contributed by atoms with Crippen molar-refractivity contribution in [3.05, 3.63) is 51.5 Å². The van der Waals surface area contributed by atoms with Crippen LogP contribution in [0.5, 0.6) is 0 Å². The monoisotopic (exact) mass is 754 g/mol. The standard InChI is InChI=1S/C38H47ClN4O6S2/c1-38(2,3)49-36(47)42-30(20-32(40)44)35(46)48-12-6-4-5-7-24-18-28(23-8-10-27(39)11-9-23)41-29(24)19-31-34(45)43(37(50)51-31)33-25-14-21-13-22(16-25)17-26(33)15-21/h8-11,18-19,21-22,25-26,30,33,41H,4-7,12-17,20H2,1-3H3,(H2,40,44)(H,42,47)/b31-19-/t21?,22?,25?,26?,30-,33?/m0/s1. The molecule has 0 unspecified atom stereocenters. The van der Waals surface area contributed by atoms with E-state index in [1.54, 1.807) is 20.8 Å². The fourth-order valence-corrected chi connectivity index (χ4v) is 9.99. The minimum atomic E-state index is -1.23. The molecule has 1 atom stereocenters. The summed E-state index contributed by atoms with van der Waals surface area (Å²) in [5, 5.41) is 3.04. The van der Waals surface area contributed by atoms with Crippen molar-refractivity contribution in [3.63, 3.8) is 0 Å². The van der Waals surface area contributed by atoms with Crippen molar-refractivity contribution in [2.75, 3.05) is 6.61 Å². The first-order valence-electron chi connectivity index (χ1n) is 17.9. The summed E-state index contributed by atoms with van der Waals surface area (Å²) in [4.78, 5) is 56.6. The first-order valence-corrected chi connectivity index (χ1v) is 19.5. The third-order valence-electron chi connectivity index (χ3n) is 10.4. The van der Waals surface area contributed by atoms with Gasteiger partial charge in [0.05, 0.1) is 17.9 Å². The molecule has 1 aliphatic heterocycles. The molecular weight excluding hydrogens is 708 g/mol. The van der Waals surface area contributed by atoms with Gasteiger partial charge < -0.3 is 25.5 Å². The molecule has 4 saturated carbocycles. The lowest BCUT2D eigenvalue weighted by molar-refractivity contribution is -0.147. The topological polar surface area (TPSA) is 144 Å². The number of aromatic nitrogens is 1. The smallest absolute Gasteiger partial charge is 0.408 e. The van der Waals surface area contributed by atoms with Gasteiger partial charge in [-0.1, -0.05) is 47.7 Å². The quantitative estimate of drug-likeness (QED) is 0.0832. The lowest BCUT2D eigenvalue weighted by atomic mass is 9.54. The predicted octanol–water partition coefficient (Wildman–Crippen LogP) is 7.39. The average Bonchev–Trinajstić information content (AvgIpc) is 3.56. The number of hydrogen-bond donors (Lipinski definition) is 3. The van der Waals surface area contributed by atoms with Gasteiger partial charge in [0.1, 0.15) is 16.0 Å². The van der Waals surface area contributed by atoms with Gasteiger partial charge in [-0.05, 0) is 138 Å². The minimum absolute atomic E-state index is 0.0219. The highest BCUT2D eigenvalue weighted by Crippen LogP contribution is 2.56. The highest BCUT2D eigenvalue weighted by atomic mass is 35.5. The second kappa shape index (κ2) is 15.7. The van der Waals surface area contributed by atoms with E-state index in [2.05, 4.69) is 16.4 Å². The van der Waals surface area contributed by atoms with E-state index in [-0.39, 0.29) is 18.6 Å². The number of H-pyrrole nitrogens is 1. The Morgan fingerprint density at radius 2 is 1.75 bits per heavy atom. The molecule has 2 aromatic rings. The van der Waals surface area contributed by atoms with E-state index < -0.39 is 36.0 Å². The van der Waals surface area contributed by atoms with Crippen molar-refractivity contribution in [1.82, 2.24) is 15.2 Å². The molecule has 0 spiro atoms. The number of nitrogens with two attached hydrogens (primary N) is 1. The second-order valence-electron chi connectivity index (χ2n) is 15.4. The normalized spacial score (nSPS) is 25.4. The lowest BCUT2D eigenvalue weighted by Gasteiger charge is -2.56. The Morgan fingerprint density at radius 3 is 2.37 bits per heavy atom. The van der Waals surface area contributed by atoms with Crippen LogP contribution in [-0.2, 0) is 30.3 Å². The first kappa shape index (κ1) is 37.4. The largest absolute Gasteiger partial charge is 0.464 e. The van der Waals surface area contributed by atoms with Gasteiger partial charge in [-0.2, -0.15) is 0 Å². The fourth-order valence-electron chi connectivity index (χ4n) is 8.53. The van der Waals surface area contributed by atoms with Crippen molar-refractivity contribution < 1.29 is 28.7 Å². The number of carbonyl (C=O) groups is 4. The molecule has 13 heteroatoms. The molecule has 1 aromatic carbocycles. The minimum Gasteiger partial charge on any atom is -0.464 e. The average molecular weight is 755 g/mol. The molecule has 274 valence electrons. The van der Waals surface area contributed by atoms with Gasteiger partial charge >= 0.3 is 12.1 Å². The molecule has 5 fully saturated rings. The molecule has 5 aliphatic rings. The molecule has 2 heterocycles. The van der Waals surface area contributed by atoms with E-state index in [1.807, 2.05) is 35.2 Å². The molecule has 0 radical (unpaired) electrons. The molecule has 7 rings (SSSR count). The second-order valence-corrected chi connectivity index (χ2v) is 17.6. The zero-order valence-corrected chi connectivity index (χ0v) is 31.8. The number of aryl methyl sites for hydroxylation is 1. The van der Waals surface area contributed by atoms with Crippen LogP contribution in [0.25, 0.3) is 17.3 Å². The van der Waals surface area contributed by atoms with Crippen molar-refractivity contribution in [2.24, 2.45) is 29.4 Å². The molecule has 4 aliphatic carbocycles. The Kier molecular flexibility index (Phi) is 11.5. The highest BCUT2D eigenvalue weighted by Gasteiger charge is 2.53. The SMILES string of the molecule is CC(C)(C)OC(=O)N[C@@H](CC(N)=O)C(=O)OCCCCCc1cc(-c2ccc(Cl)cc2)[nH]c1/C=C1\SC(=S)N(C2C3CC4CC(C3)CC2C4)C1=O. The van der Waals surface area contributed by atoms with Crippen LogP contribution in [0.15, 0.2) is 35.2 Å². The maximum absolute atomic E-state index is 14.0.